The summed E-state index contributed by atoms with van der Waals surface area (Å²) in [5.41, 5.74) is 4.15. The van der Waals surface area contributed by atoms with Crippen molar-refractivity contribution in [2.45, 2.75) is 46.6 Å². The van der Waals surface area contributed by atoms with Crippen molar-refractivity contribution in [3.05, 3.63) is 70.0 Å². The number of aromatic amines is 1. The summed E-state index contributed by atoms with van der Waals surface area (Å²) >= 11 is 5.33. The van der Waals surface area contributed by atoms with Gasteiger partial charge in [-0.25, -0.2) is 0 Å². The van der Waals surface area contributed by atoms with E-state index in [4.69, 9.17) is 17.0 Å². The average molecular weight is 411 g/mol. The minimum atomic E-state index is -0.129. The molecule has 1 aromatic heterocycles. The van der Waals surface area contributed by atoms with Gasteiger partial charge in [-0.2, -0.15) is 5.10 Å². The van der Waals surface area contributed by atoms with E-state index < -0.39 is 0 Å². The molecular formula is C22H26N4O2S. The Morgan fingerprint density at radius 3 is 2.69 bits per heavy atom. The lowest BCUT2D eigenvalue weighted by atomic mass is 10.1. The first-order valence-corrected chi connectivity index (χ1v) is 10.0. The number of nitrogens with one attached hydrogen (secondary N) is 2. The molecule has 0 saturated carbocycles. The van der Waals surface area contributed by atoms with Gasteiger partial charge in [0, 0.05) is 12.1 Å². The highest BCUT2D eigenvalue weighted by Crippen LogP contribution is 2.18. The van der Waals surface area contributed by atoms with Gasteiger partial charge in [0.1, 0.15) is 6.54 Å². The summed E-state index contributed by atoms with van der Waals surface area (Å²) in [6.45, 7) is 7.08. The number of H-pyrrole nitrogens is 1. The number of ether oxygens (including phenoxy) is 1. The Morgan fingerprint density at radius 2 is 1.97 bits per heavy atom. The van der Waals surface area contributed by atoms with Crippen molar-refractivity contribution in [3.63, 3.8) is 0 Å². The largest absolute Gasteiger partial charge is 0.374 e. The summed E-state index contributed by atoms with van der Waals surface area (Å²) in [5, 5.41) is 10.1. The number of carbonyl (C=O) groups is 1. The molecule has 7 heteroatoms. The third-order valence-corrected chi connectivity index (χ3v) is 4.81. The number of amides is 1. The number of aromatic nitrogens is 3. The predicted octanol–water partition coefficient (Wildman–Crippen LogP) is 4.16. The molecule has 6 nitrogen and oxygen atoms in total. The van der Waals surface area contributed by atoms with Crippen molar-refractivity contribution < 1.29 is 9.53 Å². The maximum Gasteiger partial charge on any atom is 0.240 e. The number of aryl methyl sites for hydroxylation is 1. The molecule has 0 unspecified atom stereocenters. The van der Waals surface area contributed by atoms with Crippen molar-refractivity contribution >= 4 is 18.1 Å². The highest BCUT2D eigenvalue weighted by molar-refractivity contribution is 7.71. The minimum Gasteiger partial charge on any atom is -0.374 e. The maximum absolute atomic E-state index is 12.6. The van der Waals surface area contributed by atoms with Gasteiger partial charge in [-0.05, 0) is 50.2 Å². The lowest BCUT2D eigenvalue weighted by Crippen LogP contribution is -2.28. The van der Waals surface area contributed by atoms with Crippen LogP contribution in [-0.4, -0.2) is 26.8 Å². The van der Waals surface area contributed by atoms with Crippen molar-refractivity contribution in [3.8, 4) is 11.4 Å². The van der Waals surface area contributed by atoms with Gasteiger partial charge in [0.25, 0.3) is 0 Å². The Morgan fingerprint density at radius 1 is 1.21 bits per heavy atom. The molecule has 0 spiro atoms. The average Bonchev–Trinajstić information content (AvgIpc) is 3.05. The first-order chi connectivity index (χ1) is 13.9. The summed E-state index contributed by atoms with van der Waals surface area (Å²) in [4.78, 5) is 12.6. The lowest BCUT2D eigenvalue weighted by Gasteiger charge is -2.13. The molecule has 152 valence electrons. The molecule has 3 aromatic rings. The third kappa shape index (κ3) is 5.62. The van der Waals surface area contributed by atoms with E-state index in [2.05, 4.69) is 15.5 Å². The first-order valence-electron chi connectivity index (χ1n) is 9.61. The van der Waals surface area contributed by atoms with Gasteiger partial charge in [-0.3, -0.25) is 14.5 Å². The van der Waals surface area contributed by atoms with E-state index in [1.807, 2.05) is 69.3 Å². The number of rotatable bonds is 8. The molecule has 1 heterocycles. The molecule has 1 amide bonds. The van der Waals surface area contributed by atoms with Gasteiger partial charge in [0.05, 0.1) is 12.7 Å². The quantitative estimate of drug-likeness (QED) is 0.547. The Balaban J connectivity index is 1.69. The van der Waals surface area contributed by atoms with Crippen LogP contribution in [0.4, 0.5) is 0 Å². The highest BCUT2D eigenvalue weighted by Gasteiger charge is 2.13. The van der Waals surface area contributed by atoms with Crippen LogP contribution >= 0.6 is 12.2 Å². The molecule has 0 aliphatic heterocycles. The first kappa shape index (κ1) is 21.0. The van der Waals surface area contributed by atoms with Gasteiger partial charge in [-0.1, -0.05) is 48.0 Å². The standard InChI is InChI=1S/C22H26N4O2S/c1-15(2)28-14-19-9-5-4-8-18(19)12-23-20(27)13-26-21(24-25-22(26)29)17-10-6-7-16(3)11-17/h4-11,15H,12-14H2,1-3H3,(H,23,27)(H,25,29). The Labute approximate surface area is 175 Å². The van der Waals surface area contributed by atoms with Crippen molar-refractivity contribution in [1.29, 1.82) is 0 Å². The van der Waals surface area contributed by atoms with E-state index in [0.717, 1.165) is 22.3 Å². The van der Waals surface area contributed by atoms with Gasteiger partial charge in [0.15, 0.2) is 10.6 Å². The van der Waals surface area contributed by atoms with E-state index in [-0.39, 0.29) is 18.6 Å². The summed E-state index contributed by atoms with van der Waals surface area (Å²) in [6, 6.07) is 15.9. The fourth-order valence-corrected chi connectivity index (χ4v) is 3.19. The predicted molar refractivity (Wildman–Crippen MR) is 116 cm³/mol. The zero-order valence-corrected chi connectivity index (χ0v) is 17.8. The second-order valence-corrected chi connectivity index (χ2v) is 7.60. The highest BCUT2D eigenvalue weighted by atomic mass is 32.1. The fraction of sp³-hybridized carbons (Fsp3) is 0.318. The van der Waals surface area contributed by atoms with E-state index in [9.17, 15) is 4.79 Å². The lowest BCUT2D eigenvalue weighted by molar-refractivity contribution is -0.121. The van der Waals surface area contributed by atoms with Crippen LogP contribution in [0.25, 0.3) is 11.4 Å². The Kier molecular flexibility index (Phi) is 6.95. The zero-order valence-electron chi connectivity index (χ0n) is 16.9. The number of nitrogens with zero attached hydrogens (tertiary/aromatic N) is 2. The zero-order chi connectivity index (χ0) is 20.8. The number of benzene rings is 2. The topological polar surface area (TPSA) is 71.9 Å². The van der Waals surface area contributed by atoms with Gasteiger partial charge >= 0.3 is 0 Å². The Bertz CT molecular complexity index is 1040. The summed E-state index contributed by atoms with van der Waals surface area (Å²) in [6.07, 6.45) is 0.153. The molecule has 0 fully saturated rings. The van der Waals surface area contributed by atoms with Gasteiger partial charge in [-0.15, -0.1) is 0 Å². The number of hydrogen-bond donors (Lipinski definition) is 2. The molecule has 0 aliphatic rings. The third-order valence-electron chi connectivity index (χ3n) is 4.50. The normalized spacial score (nSPS) is 11.0. The van der Waals surface area contributed by atoms with Crippen LogP contribution in [0.15, 0.2) is 48.5 Å². The minimum absolute atomic E-state index is 0.100. The maximum atomic E-state index is 12.6. The van der Waals surface area contributed by atoms with Crippen LogP contribution in [-0.2, 0) is 29.2 Å². The number of hydrogen-bond acceptors (Lipinski definition) is 4. The van der Waals surface area contributed by atoms with Crippen LogP contribution in [0.5, 0.6) is 0 Å². The monoisotopic (exact) mass is 410 g/mol. The van der Waals surface area contributed by atoms with E-state index in [1.165, 1.54) is 0 Å². The van der Waals surface area contributed by atoms with Crippen molar-refractivity contribution in [1.82, 2.24) is 20.1 Å². The molecule has 0 radical (unpaired) electrons. The second-order valence-electron chi connectivity index (χ2n) is 7.21. The molecule has 3 rings (SSSR count). The molecule has 2 aromatic carbocycles. The molecule has 0 bridgehead atoms. The molecule has 29 heavy (non-hydrogen) atoms. The molecule has 2 N–H and O–H groups in total. The molecule has 0 aliphatic carbocycles. The van der Waals surface area contributed by atoms with Crippen LogP contribution in [0.2, 0.25) is 0 Å². The number of carbonyl (C=O) groups excluding carboxylic acids is 1. The fourth-order valence-electron chi connectivity index (χ4n) is 2.99. The van der Waals surface area contributed by atoms with E-state index in [0.29, 0.717) is 23.7 Å². The van der Waals surface area contributed by atoms with E-state index in [1.54, 1.807) is 4.57 Å². The molecule has 0 atom stereocenters. The van der Waals surface area contributed by atoms with Crippen LogP contribution in [0, 0.1) is 11.7 Å². The summed E-state index contributed by atoms with van der Waals surface area (Å²) in [7, 11) is 0. The Hall–Kier alpha value is -2.77. The van der Waals surface area contributed by atoms with Crippen LogP contribution in [0.1, 0.15) is 30.5 Å². The van der Waals surface area contributed by atoms with Crippen LogP contribution < -0.4 is 5.32 Å². The summed E-state index contributed by atoms with van der Waals surface area (Å²) < 4.78 is 7.84. The van der Waals surface area contributed by atoms with Crippen molar-refractivity contribution in [2.24, 2.45) is 0 Å². The molecule has 0 saturated heterocycles. The van der Waals surface area contributed by atoms with Crippen molar-refractivity contribution in [2.75, 3.05) is 0 Å². The second kappa shape index (κ2) is 9.62. The van der Waals surface area contributed by atoms with E-state index >= 15 is 0 Å². The summed E-state index contributed by atoms with van der Waals surface area (Å²) in [5.74, 6) is 0.524. The van der Waals surface area contributed by atoms with Gasteiger partial charge < -0.3 is 10.1 Å². The smallest absolute Gasteiger partial charge is 0.240 e. The molecular weight excluding hydrogens is 384 g/mol. The van der Waals surface area contributed by atoms with Gasteiger partial charge in [0.2, 0.25) is 5.91 Å². The van der Waals surface area contributed by atoms with Crippen LogP contribution in [0.3, 0.4) is 0 Å². The SMILES string of the molecule is Cc1cccc(-c2n[nH]c(=S)n2CC(=O)NCc2ccccc2COC(C)C)c1.